The molecule has 150 valence electrons. The average molecular weight is 488 g/mol. The Morgan fingerprint density at radius 3 is 2.59 bits per heavy atom. The maximum absolute atomic E-state index is 13.2. The van der Waals surface area contributed by atoms with Gasteiger partial charge in [-0.3, -0.25) is 4.99 Å². The molecule has 0 aliphatic heterocycles. The molecular weight excluding hydrogens is 458 g/mol. The summed E-state index contributed by atoms with van der Waals surface area (Å²) in [5.41, 5.74) is 3.10. The van der Waals surface area contributed by atoms with Crippen molar-refractivity contribution in [1.82, 2.24) is 15.8 Å². The van der Waals surface area contributed by atoms with Gasteiger partial charge in [0.05, 0.1) is 12.2 Å². The van der Waals surface area contributed by atoms with Crippen LogP contribution in [-0.2, 0) is 13.0 Å². The molecule has 0 fully saturated rings. The van der Waals surface area contributed by atoms with E-state index in [0.29, 0.717) is 25.0 Å². The molecule has 0 atom stereocenters. The van der Waals surface area contributed by atoms with Crippen molar-refractivity contribution in [3.05, 3.63) is 52.7 Å². The van der Waals surface area contributed by atoms with Gasteiger partial charge in [-0.1, -0.05) is 25.1 Å². The van der Waals surface area contributed by atoms with E-state index in [1.165, 1.54) is 6.07 Å². The Hall–Kier alpha value is -1.64. The van der Waals surface area contributed by atoms with E-state index < -0.39 is 0 Å². The number of benzene rings is 1. The number of hydrogen-bond acceptors (Lipinski definition) is 3. The maximum Gasteiger partial charge on any atom is 0.191 e. The van der Waals surface area contributed by atoms with Gasteiger partial charge < -0.3 is 15.2 Å². The molecule has 5 nitrogen and oxygen atoms in total. The molecule has 0 saturated heterocycles. The third kappa shape index (κ3) is 7.12. The summed E-state index contributed by atoms with van der Waals surface area (Å²) in [7, 11) is 1.73. The fourth-order valence-corrected chi connectivity index (χ4v) is 2.96. The Kier molecular flexibility index (Phi) is 10.4. The number of aliphatic imine (C=N–C) groups is 1. The third-order valence-electron chi connectivity index (χ3n) is 4.63. The van der Waals surface area contributed by atoms with Gasteiger partial charge in [-0.2, -0.15) is 0 Å². The fraction of sp³-hybridized carbons (Fsp3) is 0.500. The molecule has 2 rings (SSSR count). The average Bonchev–Trinajstić information content (AvgIpc) is 3.09. The summed E-state index contributed by atoms with van der Waals surface area (Å²) in [4.78, 5) is 4.22. The maximum atomic E-state index is 13.2. The summed E-state index contributed by atoms with van der Waals surface area (Å²) in [6.07, 6.45) is 2.91. The number of aryl methyl sites for hydroxylation is 1. The number of nitrogens with one attached hydrogen (secondary N) is 2. The molecule has 2 aromatic rings. The van der Waals surface area contributed by atoms with E-state index in [9.17, 15) is 4.39 Å². The lowest BCUT2D eigenvalue weighted by molar-refractivity contribution is 0.368. The van der Waals surface area contributed by atoms with Crippen LogP contribution in [0.25, 0.3) is 0 Å². The van der Waals surface area contributed by atoms with Crippen molar-refractivity contribution in [3.8, 4) is 0 Å². The van der Waals surface area contributed by atoms with E-state index in [-0.39, 0.29) is 29.8 Å². The van der Waals surface area contributed by atoms with E-state index in [2.05, 4.69) is 34.6 Å². The third-order valence-corrected chi connectivity index (χ3v) is 4.63. The van der Waals surface area contributed by atoms with Crippen molar-refractivity contribution in [2.75, 3.05) is 13.6 Å². The predicted octanol–water partition coefficient (Wildman–Crippen LogP) is 4.55. The summed E-state index contributed by atoms with van der Waals surface area (Å²) in [6.45, 7) is 7.49. The molecule has 0 amide bonds. The number of hydrogen-bond donors (Lipinski definition) is 2. The minimum atomic E-state index is -0.198. The van der Waals surface area contributed by atoms with Gasteiger partial charge in [-0.15, -0.1) is 24.0 Å². The molecule has 0 aliphatic rings. The van der Waals surface area contributed by atoms with Gasteiger partial charge in [0.15, 0.2) is 11.7 Å². The number of nitrogens with zero attached hydrogens (tertiary/aromatic N) is 2. The van der Waals surface area contributed by atoms with Crippen molar-refractivity contribution in [3.63, 3.8) is 0 Å². The van der Waals surface area contributed by atoms with Crippen LogP contribution in [0, 0.1) is 12.7 Å². The van der Waals surface area contributed by atoms with Crippen LogP contribution in [0.4, 0.5) is 4.39 Å². The monoisotopic (exact) mass is 488 g/mol. The summed E-state index contributed by atoms with van der Waals surface area (Å²) < 4.78 is 18.6. The summed E-state index contributed by atoms with van der Waals surface area (Å²) in [5, 5.41) is 10.7. The first kappa shape index (κ1) is 23.4. The number of guanidine groups is 1. The largest absolute Gasteiger partial charge is 0.359 e. The molecule has 0 aliphatic carbocycles. The second-order valence-corrected chi connectivity index (χ2v) is 6.40. The Balaban J connectivity index is 0.00000364. The molecule has 0 bridgehead atoms. The van der Waals surface area contributed by atoms with E-state index in [1.807, 2.05) is 19.1 Å². The minimum Gasteiger partial charge on any atom is -0.359 e. The highest BCUT2D eigenvalue weighted by molar-refractivity contribution is 14.0. The van der Waals surface area contributed by atoms with Gasteiger partial charge in [0.2, 0.25) is 0 Å². The van der Waals surface area contributed by atoms with E-state index in [4.69, 9.17) is 4.52 Å². The summed E-state index contributed by atoms with van der Waals surface area (Å²) in [6, 6.07) is 6.90. The second-order valence-electron chi connectivity index (χ2n) is 6.40. The first-order valence-corrected chi connectivity index (χ1v) is 9.22. The van der Waals surface area contributed by atoms with Crippen LogP contribution in [0.1, 0.15) is 55.2 Å². The van der Waals surface area contributed by atoms with E-state index >= 15 is 0 Å². The van der Waals surface area contributed by atoms with Gasteiger partial charge in [-0.25, -0.2) is 4.39 Å². The molecule has 0 unspecified atom stereocenters. The lowest BCUT2D eigenvalue weighted by Gasteiger charge is -2.11. The number of aromatic nitrogens is 1. The van der Waals surface area contributed by atoms with Crippen LogP contribution < -0.4 is 10.6 Å². The van der Waals surface area contributed by atoms with Gasteiger partial charge in [0.1, 0.15) is 5.82 Å². The normalized spacial score (nSPS) is 11.4. The van der Waals surface area contributed by atoms with Crippen molar-refractivity contribution >= 4 is 29.9 Å². The molecule has 2 N–H and O–H groups in total. The molecule has 7 heteroatoms. The molecule has 0 saturated carbocycles. The molecule has 0 spiro atoms. The van der Waals surface area contributed by atoms with Crippen LogP contribution in [0.2, 0.25) is 0 Å². The Bertz CT molecular complexity index is 729. The minimum absolute atomic E-state index is 0. The molecule has 1 heterocycles. The standard InChI is InChI=1S/C20H29FN4O.HI/c1-5-15(6-2)19-12-18(26-25-19)13-24-20(22-4)23-10-9-16-7-8-17(21)11-14(16)3;/h7-8,11-12,15H,5-6,9-10,13H2,1-4H3,(H2,22,23,24);1H. The Morgan fingerprint density at radius 1 is 1.22 bits per heavy atom. The van der Waals surface area contributed by atoms with Crippen LogP contribution in [0.3, 0.4) is 0 Å². The summed E-state index contributed by atoms with van der Waals surface area (Å²) >= 11 is 0. The van der Waals surface area contributed by atoms with Gasteiger partial charge in [0.25, 0.3) is 0 Å². The van der Waals surface area contributed by atoms with Crippen molar-refractivity contribution < 1.29 is 8.91 Å². The molecule has 27 heavy (non-hydrogen) atoms. The highest BCUT2D eigenvalue weighted by Gasteiger charge is 2.13. The lowest BCUT2D eigenvalue weighted by Crippen LogP contribution is -2.37. The predicted molar refractivity (Wildman–Crippen MR) is 118 cm³/mol. The highest BCUT2D eigenvalue weighted by Crippen LogP contribution is 2.22. The van der Waals surface area contributed by atoms with Crippen LogP contribution in [-0.4, -0.2) is 24.7 Å². The Labute approximate surface area is 178 Å². The molecule has 1 aromatic heterocycles. The lowest BCUT2D eigenvalue weighted by atomic mass is 9.99. The SMILES string of the molecule is CCC(CC)c1cc(CNC(=NC)NCCc2ccc(F)cc2C)on1.I. The van der Waals surface area contributed by atoms with Crippen LogP contribution in [0.5, 0.6) is 0 Å². The van der Waals surface area contributed by atoms with E-state index in [1.54, 1.807) is 13.1 Å². The van der Waals surface area contributed by atoms with Crippen molar-refractivity contribution in [2.24, 2.45) is 4.99 Å². The van der Waals surface area contributed by atoms with E-state index in [0.717, 1.165) is 41.8 Å². The first-order valence-electron chi connectivity index (χ1n) is 9.22. The summed E-state index contributed by atoms with van der Waals surface area (Å²) in [5.74, 6) is 1.75. The van der Waals surface area contributed by atoms with Crippen molar-refractivity contribution in [2.45, 2.75) is 52.5 Å². The topological polar surface area (TPSA) is 62.5 Å². The smallest absolute Gasteiger partial charge is 0.191 e. The first-order chi connectivity index (χ1) is 12.6. The number of rotatable bonds is 8. The zero-order valence-electron chi connectivity index (χ0n) is 16.5. The zero-order valence-corrected chi connectivity index (χ0v) is 18.8. The molecule has 1 aromatic carbocycles. The van der Waals surface area contributed by atoms with Gasteiger partial charge >= 0.3 is 0 Å². The van der Waals surface area contributed by atoms with Gasteiger partial charge in [0, 0.05) is 25.6 Å². The van der Waals surface area contributed by atoms with Crippen molar-refractivity contribution in [1.29, 1.82) is 0 Å². The fourth-order valence-electron chi connectivity index (χ4n) is 2.96. The van der Waals surface area contributed by atoms with Crippen LogP contribution in [0.15, 0.2) is 33.8 Å². The number of halogens is 2. The van der Waals surface area contributed by atoms with Crippen LogP contribution >= 0.6 is 24.0 Å². The molecular formula is C20H30FIN4O. The van der Waals surface area contributed by atoms with Gasteiger partial charge in [-0.05, 0) is 49.4 Å². The molecule has 0 radical (unpaired) electrons. The second kappa shape index (κ2) is 11.9. The highest BCUT2D eigenvalue weighted by atomic mass is 127. The Morgan fingerprint density at radius 2 is 1.96 bits per heavy atom. The quantitative estimate of drug-likeness (QED) is 0.325. The zero-order chi connectivity index (χ0) is 18.9.